The molecule has 0 aliphatic carbocycles. The summed E-state index contributed by atoms with van der Waals surface area (Å²) in [6, 6.07) is 11.2. The molecule has 0 spiro atoms. The number of carbonyl (C=O) groups is 1. The highest BCUT2D eigenvalue weighted by Gasteiger charge is 2.26. The highest BCUT2D eigenvalue weighted by atomic mass is 16.3. The number of phenolic OH excluding ortho intramolecular Hbond substituents is 1. The van der Waals surface area contributed by atoms with Crippen LogP contribution in [0.5, 0.6) is 5.75 Å². The number of benzene rings is 2. The normalized spacial score (nSPS) is 12.1. The lowest BCUT2D eigenvalue weighted by molar-refractivity contribution is 0.102. The third-order valence-electron chi connectivity index (χ3n) is 4.30. The van der Waals surface area contributed by atoms with Crippen molar-refractivity contribution in [1.82, 2.24) is 0 Å². The van der Waals surface area contributed by atoms with Crippen LogP contribution in [0.15, 0.2) is 36.4 Å². The molecule has 0 unspecified atom stereocenters. The van der Waals surface area contributed by atoms with Gasteiger partial charge >= 0.3 is 0 Å². The van der Waals surface area contributed by atoms with Crippen molar-refractivity contribution in [1.29, 1.82) is 0 Å². The highest BCUT2D eigenvalue weighted by Crippen LogP contribution is 2.41. The number of phenols is 1. The summed E-state index contributed by atoms with van der Waals surface area (Å²) in [5, 5.41) is 13.7. The number of rotatable bonds is 2. The minimum Gasteiger partial charge on any atom is -0.507 e. The van der Waals surface area contributed by atoms with E-state index in [2.05, 4.69) is 46.9 Å². The van der Waals surface area contributed by atoms with Crippen molar-refractivity contribution >= 4 is 11.6 Å². The Morgan fingerprint density at radius 3 is 1.72 bits per heavy atom. The van der Waals surface area contributed by atoms with Gasteiger partial charge in [0.1, 0.15) is 5.75 Å². The molecule has 2 rings (SSSR count). The molecule has 0 fully saturated rings. The van der Waals surface area contributed by atoms with E-state index in [1.807, 2.05) is 43.3 Å². The molecule has 0 atom stereocenters. The van der Waals surface area contributed by atoms with Crippen molar-refractivity contribution < 1.29 is 9.90 Å². The predicted molar refractivity (Wildman–Crippen MR) is 105 cm³/mol. The third-order valence-corrected chi connectivity index (χ3v) is 4.30. The Kier molecular flexibility index (Phi) is 4.99. The number of hydrogen-bond donors (Lipinski definition) is 2. The standard InChI is InChI=1S/C22H29NO2/c1-14-8-10-15(11-9-14)20(25)23-16-12-17(21(2,3)4)19(24)18(13-16)22(5,6)7/h8-13,24H,1-7H3,(H,23,25). The number of carbonyl (C=O) groups excluding carboxylic acids is 1. The van der Waals surface area contributed by atoms with E-state index < -0.39 is 0 Å². The van der Waals surface area contributed by atoms with Gasteiger partial charge in [-0.05, 0) is 42.0 Å². The fourth-order valence-corrected chi connectivity index (χ4v) is 2.76. The van der Waals surface area contributed by atoms with Crippen molar-refractivity contribution in [2.45, 2.75) is 59.3 Å². The number of aryl methyl sites for hydroxylation is 1. The fraction of sp³-hybridized carbons (Fsp3) is 0.409. The average molecular weight is 339 g/mol. The number of nitrogens with one attached hydrogen (secondary N) is 1. The summed E-state index contributed by atoms with van der Waals surface area (Å²) in [6.45, 7) is 14.3. The van der Waals surface area contributed by atoms with Crippen LogP contribution in [0.2, 0.25) is 0 Å². The van der Waals surface area contributed by atoms with E-state index in [9.17, 15) is 9.90 Å². The average Bonchev–Trinajstić information content (AvgIpc) is 2.47. The Morgan fingerprint density at radius 1 is 0.880 bits per heavy atom. The summed E-state index contributed by atoms with van der Waals surface area (Å²) in [7, 11) is 0. The maximum Gasteiger partial charge on any atom is 0.255 e. The van der Waals surface area contributed by atoms with E-state index in [0.717, 1.165) is 16.7 Å². The van der Waals surface area contributed by atoms with Gasteiger partial charge in [0.15, 0.2) is 0 Å². The molecule has 3 heteroatoms. The molecule has 0 heterocycles. The summed E-state index contributed by atoms with van der Waals surface area (Å²) in [4.78, 5) is 12.6. The maximum absolute atomic E-state index is 12.6. The second-order valence-corrected chi connectivity index (χ2v) is 8.74. The van der Waals surface area contributed by atoms with Gasteiger partial charge in [0.2, 0.25) is 0 Å². The van der Waals surface area contributed by atoms with Gasteiger partial charge in [-0.2, -0.15) is 0 Å². The van der Waals surface area contributed by atoms with Gasteiger partial charge in [0.25, 0.3) is 5.91 Å². The molecule has 0 radical (unpaired) electrons. The first-order valence-electron chi connectivity index (χ1n) is 8.65. The zero-order valence-electron chi connectivity index (χ0n) is 16.3. The van der Waals surface area contributed by atoms with Gasteiger partial charge in [-0.3, -0.25) is 4.79 Å². The van der Waals surface area contributed by atoms with Gasteiger partial charge in [-0.1, -0.05) is 59.2 Å². The Balaban J connectivity index is 2.47. The van der Waals surface area contributed by atoms with Crippen LogP contribution in [-0.2, 0) is 10.8 Å². The van der Waals surface area contributed by atoms with E-state index in [0.29, 0.717) is 17.0 Å². The van der Waals surface area contributed by atoms with E-state index in [4.69, 9.17) is 0 Å². The van der Waals surface area contributed by atoms with E-state index in [-0.39, 0.29) is 16.7 Å². The minimum atomic E-state index is -0.228. The smallest absolute Gasteiger partial charge is 0.255 e. The molecule has 0 aliphatic heterocycles. The molecule has 0 aromatic heterocycles. The molecule has 0 bridgehead atoms. The quantitative estimate of drug-likeness (QED) is 0.705. The number of aromatic hydroxyl groups is 1. The van der Waals surface area contributed by atoms with Crippen LogP contribution >= 0.6 is 0 Å². The third kappa shape index (κ3) is 4.41. The van der Waals surface area contributed by atoms with Crippen molar-refractivity contribution in [3.05, 3.63) is 58.7 Å². The van der Waals surface area contributed by atoms with E-state index >= 15 is 0 Å². The summed E-state index contributed by atoms with van der Waals surface area (Å²) in [5.41, 5.74) is 3.65. The topological polar surface area (TPSA) is 49.3 Å². The van der Waals surface area contributed by atoms with Gasteiger partial charge in [-0.15, -0.1) is 0 Å². The number of anilines is 1. The highest BCUT2D eigenvalue weighted by molar-refractivity contribution is 6.04. The first-order chi connectivity index (χ1) is 11.4. The second kappa shape index (κ2) is 6.55. The first-order valence-corrected chi connectivity index (χ1v) is 8.65. The Morgan fingerprint density at radius 2 is 1.32 bits per heavy atom. The van der Waals surface area contributed by atoms with Crippen LogP contribution < -0.4 is 5.32 Å². The van der Waals surface area contributed by atoms with Crippen LogP contribution in [0.1, 0.15) is 68.6 Å². The summed E-state index contributed by atoms with van der Waals surface area (Å²) in [5.74, 6) is 0.166. The summed E-state index contributed by atoms with van der Waals surface area (Å²) < 4.78 is 0. The first kappa shape index (κ1) is 19.0. The molecular formula is C22H29NO2. The fourth-order valence-electron chi connectivity index (χ4n) is 2.76. The van der Waals surface area contributed by atoms with E-state index in [1.165, 1.54) is 0 Å². The number of amides is 1. The van der Waals surface area contributed by atoms with E-state index in [1.54, 1.807) is 0 Å². The van der Waals surface area contributed by atoms with Gasteiger partial charge in [0.05, 0.1) is 0 Å². The largest absolute Gasteiger partial charge is 0.507 e. The zero-order chi connectivity index (χ0) is 19.0. The lowest BCUT2D eigenvalue weighted by Gasteiger charge is -2.28. The Hall–Kier alpha value is -2.29. The van der Waals surface area contributed by atoms with Crippen molar-refractivity contribution in [3.63, 3.8) is 0 Å². The van der Waals surface area contributed by atoms with Crippen molar-refractivity contribution in [2.24, 2.45) is 0 Å². The molecule has 134 valence electrons. The zero-order valence-corrected chi connectivity index (χ0v) is 16.3. The number of hydrogen-bond acceptors (Lipinski definition) is 2. The minimum absolute atomic E-state index is 0.148. The van der Waals surface area contributed by atoms with Crippen LogP contribution in [0, 0.1) is 6.92 Å². The molecule has 2 aromatic rings. The van der Waals surface area contributed by atoms with Gasteiger partial charge in [0, 0.05) is 22.4 Å². The molecule has 2 N–H and O–H groups in total. The molecule has 0 saturated carbocycles. The lowest BCUT2D eigenvalue weighted by Crippen LogP contribution is -2.19. The molecule has 0 saturated heterocycles. The van der Waals surface area contributed by atoms with Crippen LogP contribution in [-0.4, -0.2) is 11.0 Å². The molecular weight excluding hydrogens is 310 g/mol. The van der Waals surface area contributed by atoms with Crippen LogP contribution in [0.4, 0.5) is 5.69 Å². The predicted octanol–water partition coefficient (Wildman–Crippen LogP) is 5.55. The summed E-state index contributed by atoms with van der Waals surface area (Å²) in [6.07, 6.45) is 0. The lowest BCUT2D eigenvalue weighted by atomic mass is 9.79. The van der Waals surface area contributed by atoms with Crippen LogP contribution in [0.25, 0.3) is 0 Å². The van der Waals surface area contributed by atoms with Crippen molar-refractivity contribution in [3.8, 4) is 5.75 Å². The SMILES string of the molecule is Cc1ccc(C(=O)Nc2cc(C(C)(C)C)c(O)c(C(C)(C)C)c2)cc1. The summed E-state index contributed by atoms with van der Waals surface area (Å²) >= 11 is 0. The molecule has 2 aromatic carbocycles. The van der Waals surface area contributed by atoms with Crippen molar-refractivity contribution in [2.75, 3.05) is 5.32 Å². The monoisotopic (exact) mass is 339 g/mol. The molecule has 3 nitrogen and oxygen atoms in total. The molecule has 1 amide bonds. The Labute approximate surface area is 151 Å². The molecule has 25 heavy (non-hydrogen) atoms. The second-order valence-electron chi connectivity index (χ2n) is 8.74. The van der Waals surface area contributed by atoms with Crippen LogP contribution in [0.3, 0.4) is 0 Å². The molecule has 0 aliphatic rings. The Bertz CT molecular complexity index is 740. The van der Waals surface area contributed by atoms with Gasteiger partial charge in [-0.25, -0.2) is 0 Å². The maximum atomic E-state index is 12.6. The van der Waals surface area contributed by atoms with Gasteiger partial charge < -0.3 is 10.4 Å².